The number of rotatable bonds is 4. The smallest absolute Gasteiger partial charge is 0.254 e. The van der Waals surface area contributed by atoms with Crippen molar-refractivity contribution in [3.05, 3.63) is 106 Å². The van der Waals surface area contributed by atoms with Gasteiger partial charge in [-0.3, -0.25) is 9.59 Å². The monoisotopic (exact) mass is 547 g/mol. The minimum absolute atomic E-state index is 0.0244. The minimum atomic E-state index is -0.165. The Hall–Kier alpha value is -4.55. The SMILES string of the molecule is Nc1cccc2c1CC(C(=O)Nc1ccc3c(c1)C=C(C(=O)N1CC(CCl)c4c1cc(O)c1ccccc41)C3)=C2. The molecule has 6 nitrogen and oxygen atoms in total. The molecule has 3 aliphatic rings. The number of halogens is 1. The van der Waals surface area contributed by atoms with Crippen molar-refractivity contribution in [1.29, 1.82) is 0 Å². The summed E-state index contributed by atoms with van der Waals surface area (Å²) in [6.45, 7) is 0.460. The fraction of sp³-hybridized carbons (Fsp3) is 0.152. The van der Waals surface area contributed by atoms with Gasteiger partial charge in [0.05, 0.1) is 5.69 Å². The van der Waals surface area contributed by atoms with Crippen molar-refractivity contribution in [2.75, 3.05) is 28.4 Å². The van der Waals surface area contributed by atoms with Gasteiger partial charge in [0.15, 0.2) is 0 Å². The molecule has 2 aliphatic carbocycles. The number of nitrogens with zero attached hydrogens (tertiary/aromatic N) is 1. The first-order valence-corrected chi connectivity index (χ1v) is 13.8. The van der Waals surface area contributed by atoms with Gasteiger partial charge < -0.3 is 21.1 Å². The predicted molar refractivity (Wildman–Crippen MR) is 161 cm³/mol. The molecule has 0 saturated heterocycles. The Morgan fingerprint density at radius 1 is 0.950 bits per heavy atom. The summed E-state index contributed by atoms with van der Waals surface area (Å²) in [7, 11) is 0. The molecule has 7 rings (SSSR count). The zero-order chi connectivity index (χ0) is 27.5. The van der Waals surface area contributed by atoms with Crippen LogP contribution in [0, 0.1) is 0 Å². The van der Waals surface area contributed by atoms with Crippen molar-refractivity contribution in [1.82, 2.24) is 0 Å². The highest BCUT2D eigenvalue weighted by Crippen LogP contribution is 2.46. The van der Waals surface area contributed by atoms with Gasteiger partial charge in [0, 0.05) is 65.2 Å². The van der Waals surface area contributed by atoms with Gasteiger partial charge in [-0.2, -0.15) is 0 Å². The van der Waals surface area contributed by atoms with Crippen LogP contribution in [-0.2, 0) is 22.4 Å². The van der Waals surface area contributed by atoms with Gasteiger partial charge in [0.25, 0.3) is 11.8 Å². The van der Waals surface area contributed by atoms with Crippen LogP contribution in [-0.4, -0.2) is 29.3 Å². The van der Waals surface area contributed by atoms with E-state index in [1.54, 1.807) is 11.0 Å². The number of fused-ring (bicyclic) bond motifs is 5. The van der Waals surface area contributed by atoms with Crippen molar-refractivity contribution in [3.63, 3.8) is 0 Å². The number of carbonyl (C=O) groups is 2. The van der Waals surface area contributed by atoms with E-state index in [2.05, 4.69) is 5.32 Å². The summed E-state index contributed by atoms with van der Waals surface area (Å²) in [5.41, 5.74) is 14.4. The quantitative estimate of drug-likeness (QED) is 0.215. The maximum absolute atomic E-state index is 13.8. The van der Waals surface area contributed by atoms with Gasteiger partial charge in [-0.1, -0.05) is 42.5 Å². The Bertz CT molecular complexity index is 1820. The van der Waals surface area contributed by atoms with E-state index in [1.807, 2.05) is 72.8 Å². The summed E-state index contributed by atoms with van der Waals surface area (Å²) in [6, 6.07) is 20.8. The first kappa shape index (κ1) is 24.5. The molecule has 7 heteroatoms. The van der Waals surface area contributed by atoms with E-state index in [1.165, 1.54) is 0 Å². The van der Waals surface area contributed by atoms with Crippen LogP contribution in [0.4, 0.5) is 17.1 Å². The molecule has 1 unspecified atom stereocenters. The Morgan fingerprint density at radius 2 is 1.75 bits per heavy atom. The molecule has 1 aliphatic heterocycles. The highest BCUT2D eigenvalue weighted by molar-refractivity contribution is 6.19. The van der Waals surface area contributed by atoms with Crippen LogP contribution in [0.5, 0.6) is 5.75 Å². The average molecular weight is 548 g/mol. The number of alkyl halides is 1. The maximum Gasteiger partial charge on any atom is 0.254 e. The number of aromatic hydroxyl groups is 1. The summed E-state index contributed by atoms with van der Waals surface area (Å²) in [6.07, 6.45) is 4.78. The number of phenols is 1. The molecule has 0 saturated carbocycles. The van der Waals surface area contributed by atoms with Crippen LogP contribution < -0.4 is 16.0 Å². The molecule has 0 aromatic heterocycles. The van der Waals surface area contributed by atoms with Crippen molar-refractivity contribution < 1.29 is 14.7 Å². The highest BCUT2D eigenvalue weighted by Gasteiger charge is 2.36. The van der Waals surface area contributed by atoms with Gasteiger partial charge in [0.1, 0.15) is 5.75 Å². The van der Waals surface area contributed by atoms with Crippen LogP contribution >= 0.6 is 11.6 Å². The lowest BCUT2D eigenvalue weighted by Crippen LogP contribution is -2.31. The summed E-state index contributed by atoms with van der Waals surface area (Å²) >= 11 is 6.36. The lowest BCUT2D eigenvalue weighted by Gasteiger charge is -2.19. The zero-order valence-electron chi connectivity index (χ0n) is 21.6. The molecule has 1 atom stereocenters. The Balaban J connectivity index is 1.13. The number of hydrogen-bond acceptors (Lipinski definition) is 4. The molecule has 4 aromatic rings. The predicted octanol–water partition coefficient (Wildman–Crippen LogP) is 6.01. The molecule has 0 spiro atoms. The Labute approximate surface area is 236 Å². The largest absolute Gasteiger partial charge is 0.507 e. The number of anilines is 3. The molecule has 2 amide bonds. The topological polar surface area (TPSA) is 95.7 Å². The minimum Gasteiger partial charge on any atom is -0.507 e. The number of amides is 2. The van der Waals surface area contributed by atoms with Crippen LogP contribution in [0.1, 0.15) is 33.7 Å². The molecule has 1 heterocycles. The van der Waals surface area contributed by atoms with Crippen molar-refractivity contribution in [2.24, 2.45) is 0 Å². The number of phenolic OH excluding ortho intramolecular Hbond substituents is 1. The molecule has 4 aromatic carbocycles. The van der Waals surface area contributed by atoms with Gasteiger partial charge in [-0.25, -0.2) is 0 Å². The van der Waals surface area contributed by atoms with E-state index in [0.29, 0.717) is 53.5 Å². The third kappa shape index (κ3) is 3.87. The zero-order valence-corrected chi connectivity index (χ0v) is 22.3. The van der Waals surface area contributed by atoms with Crippen molar-refractivity contribution >= 4 is 63.4 Å². The standard InChI is InChI=1S/C33H26ClN3O3/c34-16-23-17-37(29-15-30(38)25-5-1-2-6-26(25)31(23)29)33(40)22-10-18-8-9-24(13-20(18)12-22)36-32(39)21-11-19-4-3-7-28(35)27(19)14-21/h1-9,11-13,15,23,38H,10,14,16-17,35H2,(H,36,39). The summed E-state index contributed by atoms with van der Waals surface area (Å²) in [4.78, 5) is 28.6. The number of nitrogens with two attached hydrogens (primary N) is 1. The van der Waals surface area contributed by atoms with Crippen LogP contribution in [0.15, 0.2) is 77.9 Å². The second kappa shape index (κ2) is 9.28. The van der Waals surface area contributed by atoms with E-state index in [0.717, 1.165) is 38.6 Å². The first-order chi connectivity index (χ1) is 19.4. The summed E-state index contributed by atoms with van der Waals surface area (Å²) in [5, 5.41) is 15.4. The normalized spacial score (nSPS) is 16.8. The van der Waals surface area contributed by atoms with Gasteiger partial charge in [-0.15, -0.1) is 11.6 Å². The van der Waals surface area contributed by atoms with Crippen LogP contribution in [0.3, 0.4) is 0 Å². The molecular weight excluding hydrogens is 522 g/mol. The maximum atomic E-state index is 13.8. The van der Waals surface area contributed by atoms with E-state index >= 15 is 0 Å². The van der Waals surface area contributed by atoms with Gasteiger partial charge in [-0.05, 0) is 63.6 Å². The molecule has 0 bridgehead atoms. The second-order valence-electron chi connectivity index (χ2n) is 10.6. The number of carbonyl (C=O) groups excluding carboxylic acids is 2. The summed E-state index contributed by atoms with van der Waals surface area (Å²) < 4.78 is 0. The molecule has 0 radical (unpaired) electrons. The second-order valence-corrected chi connectivity index (χ2v) is 10.9. The van der Waals surface area contributed by atoms with Crippen molar-refractivity contribution in [3.8, 4) is 5.75 Å². The first-order valence-electron chi connectivity index (χ1n) is 13.3. The molecule has 0 fully saturated rings. The third-order valence-electron chi connectivity index (χ3n) is 8.20. The van der Waals surface area contributed by atoms with Gasteiger partial charge in [0.2, 0.25) is 0 Å². The van der Waals surface area contributed by atoms with E-state index in [4.69, 9.17) is 17.3 Å². The van der Waals surface area contributed by atoms with Crippen LogP contribution in [0.2, 0.25) is 0 Å². The average Bonchev–Trinajstić information content (AvgIpc) is 3.68. The molecule has 4 N–H and O–H groups in total. The third-order valence-corrected chi connectivity index (χ3v) is 8.57. The Morgan fingerprint density at radius 3 is 2.55 bits per heavy atom. The van der Waals surface area contributed by atoms with Crippen LogP contribution in [0.25, 0.3) is 22.9 Å². The van der Waals surface area contributed by atoms with Gasteiger partial charge >= 0.3 is 0 Å². The van der Waals surface area contributed by atoms with Crippen molar-refractivity contribution in [2.45, 2.75) is 18.8 Å². The fourth-order valence-corrected chi connectivity index (χ4v) is 6.47. The fourth-order valence-electron chi connectivity index (χ4n) is 6.22. The number of benzene rings is 4. The molecule has 198 valence electrons. The Kier molecular flexibility index (Phi) is 5.68. The lowest BCUT2D eigenvalue weighted by atomic mass is 9.95. The summed E-state index contributed by atoms with van der Waals surface area (Å²) in [5.74, 6) is 0.235. The molecular formula is C33H26ClN3O3. The highest BCUT2D eigenvalue weighted by atomic mass is 35.5. The van der Waals surface area contributed by atoms with E-state index < -0.39 is 0 Å². The van der Waals surface area contributed by atoms with E-state index in [-0.39, 0.29) is 23.5 Å². The number of hydrogen-bond donors (Lipinski definition) is 3. The lowest BCUT2D eigenvalue weighted by molar-refractivity contribution is -0.115. The molecule has 40 heavy (non-hydrogen) atoms. The van der Waals surface area contributed by atoms with E-state index in [9.17, 15) is 14.7 Å². The number of nitrogens with one attached hydrogen (secondary N) is 1. The number of nitrogen functional groups attached to an aromatic ring is 1.